The molecular formula is C21H27NO4S. The van der Waals surface area contributed by atoms with E-state index in [1.807, 2.05) is 19.9 Å². The maximum atomic E-state index is 12.9. The van der Waals surface area contributed by atoms with E-state index in [0.29, 0.717) is 17.1 Å². The molecule has 0 saturated heterocycles. The molecule has 0 heterocycles. The number of rotatable bonds is 6. The standard InChI is InChI=1S/C21H27NO4S/c1-11-8-15-18(12(2)21(6-7-21)20(5,26)19(15)25)16(11)9-27-10-17(13(3)23)22-14(4)24/h8,17,26H,6-7,9-10H2,1-5H3,(H,22,24)/t17-,20-/m0/s1. The molecule has 1 fully saturated rings. The molecule has 5 nitrogen and oxygen atoms in total. The lowest BCUT2D eigenvalue weighted by Gasteiger charge is -2.39. The van der Waals surface area contributed by atoms with Crippen LogP contribution in [0.1, 0.15) is 47.5 Å². The van der Waals surface area contributed by atoms with Crippen molar-refractivity contribution < 1.29 is 19.5 Å². The highest BCUT2D eigenvalue weighted by molar-refractivity contribution is 7.99. The highest BCUT2D eigenvalue weighted by atomic mass is 32.2. The van der Waals surface area contributed by atoms with Crippen LogP contribution in [0, 0.1) is 5.41 Å². The first kappa shape index (κ1) is 20.1. The summed E-state index contributed by atoms with van der Waals surface area (Å²) >= 11 is 1.58. The number of hydrogen-bond acceptors (Lipinski definition) is 5. The summed E-state index contributed by atoms with van der Waals surface area (Å²) < 4.78 is 0. The molecule has 27 heavy (non-hydrogen) atoms. The molecule has 0 aromatic rings. The summed E-state index contributed by atoms with van der Waals surface area (Å²) in [7, 11) is 0. The van der Waals surface area contributed by atoms with Crippen LogP contribution in [0.4, 0.5) is 0 Å². The van der Waals surface area contributed by atoms with Crippen LogP contribution in [0.2, 0.25) is 0 Å². The second-order valence-electron chi connectivity index (χ2n) is 8.08. The minimum Gasteiger partial charge on any atom is -0.381 e. The second-order valence-corrected chi connectivity index (χ2v) is 9.11. The predicted octanol–water partition coefficient (Wildman–Crippen LogP) is 2.50. The minimum absolute atomic E-state index is 0.0649. The molecule has 0 aromatic heterocycles. The van der Waals surface area contributed by atoms with Crippen LogP contribution >= 0.6 is 11.8 Å². The van der Waals surface area contributed by atoms with E-state index < -0.39 is 17.1 Å². The van der Waals surface area contributed by atoms with Crippen molar-refractivity contribution in [2.24, 2.45) is 5.41 Å². The molecule has 6 heteroatoms. The van der Waals surface area contributed by atoms with Crippen LogP contribution in [0.25, 0.3) is 0 Å². The van der Waals surface area contributed by atoms with E-state index in [0.717, 1.165) is 35.1 Å². The number of thioether (sulfide) groups is 1. The smallest absolute Gasteiger partial charge is 0.217 e. The van der Waals surface area contributed by atoms with Gasteiger partial charge in [-0.05, 0) is 63.3 Å². The number of nitrogens with one attached hydrogen (secondary N) is 1. The van der Waals surface area contributed by atoms with Crippen LogP contribution in [0.15, 0.2) is 33.9 Å². The lowest BCUT2D eigenvalue weighted by atomic mass is 9.67. The maximum Gasteiger partial charge on any atom is 0.217 e. The zero-order valence-corrected chi connectivity index (χ0v) is 17.4. The summed E-state index contributed by atoms with van der Waals surface area (Å²) in [5.74, 6) is 0.687. The van der Waals surface area contributed by atoms with Gasteiger partial charge in [0.25, 0.3) is 0 Å². The van der Waals surface area contributed by atoms with E-state index in [2.05, 4.69) is 5.32 Å². The number of amides is 1. The van der Waals surface area contributed by atoms with Crippen LogP contribution in [-0.2, 0) is 14.4 Å². The Morgan fingerprint density at radius 3 is 2.44 bits per heavy atom. The molecule has 3 aliphatic rings. The third-order valence-electron chi connectivity index (χ3n) is 6.27. The number of Topliss-reactive ketones (excluding diaryl/α,β-unsaturated/α-hetero) is 2. The molecule has 2 atom stereocenters. The molecule has 0 radical (unpaired) electrons. The molecule has 3 rings (SSSR count). The Hall–Kier alpha value is -1.66. The summed E-state index contributed by atoms with van der Waals surface area (Å²) in [6.07, 6.45) is 3.56. The molecule has 1 amide bonds. The largest absolute Gasteiger partial charge is 0.381 e. The monoisotopic (exact) mass is 389 g/mol. The first-order valence-corrected chi connectivity index (χ1v) is 10.4. The molecule has 0 aromatic carbocycles. The van der Waals surface area contributed by atoms with Gasteiger partial charge < -0.3 is 10.4 Å². The molecule has 146 valence electrons. The van der Waals surface area contributed by atoms with Crippen molar-refractivity contribution in [1.82, 2.24) is 5.32 Å². The maximum absolute atomic E-state index is 12.9. The number of aliphatic hydroxyl groups is 1. The second kappa shape index (κ2) is 6.74. The normalized spacial score (nSPS) is 26.9. The van der Waals surface area contributed by atoms with Gasteiger partial charge in [-0.3, -0.25) is 14.4 Å². The molecule has 0 aliphatic heterocycles. The van der Waals surface area contributed by atoms with E-state index >= 15 is 0 Å². The van der Waals surface area contributed by atoms with Crippen LogP contribution in [-0.4, -0.2) is 45.7 Å². The Kier molecular flexibility index (Phi) is 5.02. The number of carbonyl (C=O) groups is 3. The first-order chi connectivity index (χ1) is 12.5. The minimum atomic E-state index is -1.33. The number of carbonyl (C=O) groups excluding carboxylic acids is 3. The van der Waals surface area contributed by atoms with Crippen LogP contribution in [0.5, 0.6) is 0 Å². The van der Waals surface area contributed by atoms with Gasteiger partial charge in [-0.1, -0.05) is 5.57 Å². The van der Waals surface area contributed by atoms with Gasteiger partial charge in [0.15, 0.2) is 11.6 Å². The van der Waals surface area contributed by atoms with Gasteiger partial charge in [0.1, 0.15) is 5.60 Å². The van der Waals surface area contributed by atoms with E-state index in [9.17, 15) is 19.5 Å². The van der Waals surface area contributed by atoms with Crippen molar-refractivity contribution in [3.63, 3.8) is 0 Å². The van der Waals surface area contributed by atoms with Gasteiger partial charge >= 0.3 is 0 Å². The fourth-order valence-corrected chi connectivity index (χ4v) is 5.63. The Morgan fingerprint density at radius 2 is 1.93 bits per heavy atom. The number of allylic oxidation sites excluding steroid dienone is 3. The quantitative estimate of drug-likeness (QED) is 0.729. The van der Waals surface area contributed by atoms with E-state index in [1.165, 1.54) is 13.8 Å². The molecule has 0 bridgehead atoms. The highest BCUT2D eigenvalue weighted by Gasteiger charge is 2.64. The molecule has 3 aliphatic carbocycles. The Morgan fingerprint density at radius 1 is 1.30 bits per heavy atom. The van der Waals surface area contributed by atoms with Crippen molar-refractivity contribution >= 4 is 29.2 Å². The molecule has 2 N–H and O–H groups in total. The number of ketones is 2. The summed E-state index contributed by atoms with van der Waals surface area (Å²) in [6, 6.07) is -0.499. The molecule has 0 unspecified atom stereocenters. The van der Waals surface area contributed by atoms with Crippen molar-refractivity contribution in [2.45, 2.75) is 59.1 Å². The fraction of sp³-hybridized carbons (Fsp3) is 0.571. The zero-order valence-electron chi connectivity index (χ0n) is 16.6. The average molecular weight is 390 g/mol. The number of fused-ring (bicyclic) bond motifs is 1. The van der Waals surface area contributed by atoms with E-state index in [-0.39, 0.29) is 17.5 Å². The number of hydrogen-bond donors (Lipinski definition) is 2. The summed E-state index contributed by atoms with van der Waals surface area (Å²) in [5.41, 5.74) is 3.10. The van der Waals surface area contributed by atoms with Crippen LogP contribution in [0.3, 0.4) is 0 Å². The lowest BCUT2D eigenvalue weighted by Crippen LogP contribution is -2.49. The van der Waals surface area contributed by atoms with Crippen LogP contribution < -0.4 is 5.32 Å². The van der Waals surface area contributed by atoms with E-state index in [4.69, 9.17) is 0 Å². The topological polar surface area (TPSA) is 83.5 Å². The summed E-state index contributed by atoms with van der Waals surface area (Å²) in [4.78, 5) is 35.9. The first-order valence-electron chi connectivity index (χ1n) is 9.29. The Labute approximate surface area is 164 Å². The van der Waals surface area contributed by atoms with Gasteiger partial charge in [-0.2, -0.15) is 11.8 Å². The van der Waals surface area contributed by atoms with Gasteiger partial charge in [0.05, 0.1) is 6.04 Å². The van der Waals surface area contributed by atoms with Gasteiger partial charge in [-0.25, -0.2) is 0 Å². The molecular weight excluding hydrogens is 362 g/mol. The third-order valence-corrected chi connectivity index (χ3v) is 7.33. The summed E-state index contributed by atoms with van der Waals surface area (Å²) in [6.45, 7) is 8.56. The zero-order chi connectivity index (χ0) is 20.1. The third kappa shape index (κ3) is 3.13. The highest BCUT2D eigenvalue weighted by Crippen LogP contribution is 2.65. The van der Waals surface area contributed by atoms with Gasteiger partial charge in [0, 0.05) is 29.4 Å². The Bertz CT molecular complexity index is 827. The molecule has 1 spiro atoms. The average Bonchev–Trinajstić information content (AvgIpc) is 3.32. The van der Waals surface area contributed by atoms with Crippen molar-refractivity contribution in [2.75, 3.05) is 11.5 Å². The van der Waals surface area contributed by atoms with Crippen molar-refractivity contribution in [3.8, 4) is 0 Å². The Balaban J connectivity index is 1.81. The predicted molar refractivity (Wildman–Crippen MR) is 106 cm³/mol. The van der Waals surface area contributed by atoms with Crippen molar-refractivity contribution in [3.05, 3.63) is 33.9 Å². The fourth-order valence-electron chi connectivity index (χ4n) is 4.38. The lowest BCUT2D eigenvalue weighted by molar-refractivity contribution is -0.137. The molecule has 1 saturated carbocycles. The SMILES string of the molecule is CC(=O)N[C@@H](CSCC1=C(C)C=C2C(=O)[C@](C)(O)C3(CC3)C(C)=C21)C(C)=O. The van der Waals surface area contributed by atoms with E-state index in [1.54, 1.807) is 18.7 Å². The van der Waals surface area contributed by atoms with Gasteiger partial charge in [-0.15, -0.1) is 0 Å². The summed E-state index contributed by atoms with van der Waals surface area (Å²) in [5, 5.41) is 13.6. The van der Waals surface area contributed by atoms with Gasteiger partial charge in [0.2, 0.25) is 5.91 Å². The van der Waals surface area contributed by atoms with Crippen molar-refractivity contribution in [1.29, 1.82) is 0 Å².